The number of nitrogens with one attached hydrogen (secondary N) is 1. The third-order valence-electron chi connectivity index (χ3n) is 4.17. The second-order valence-electron chi connectivity index (χ2n) is 6.23. The molecule has 1 aromatic heterocycles. The van der Waals surface area contributed by atoms with E-state index in [0.717, 1.165) is 11.8 Å². The van der Waals surface area contributed by atoms with Gasteiger partial charge in [-0.2, -0.15) is 0 Å². The van der Waals surface area contributed by atoms with E-state index in [1.54, 1.807) is 30.3 Å². The first-order chi connectivity index (χ1) is 9.78. The van der Waals surface area contributed by atoms with Gasteiger partial charge >= 0.3 is 0 Å². The second kappa shape index (κ2) is 4.93. The Morgan fingerprint density at radius 2 is 2.05 bits per heavy atom. The number of pyridine rings is 1. The molecule has 0 radical (unpaired) electrons. The number of aromatic nitrogens is 1. The van der Waals surface area contributed by atoms with Crippen molar-refractivity contribution >= 4 is 32.5 Å². The summed E-state index contributed by atoms with van der Waals surface area (Å²) in [5.41, 5.74) is 0.941. The molecule has 1 atom stereocenters. The lowest BCUT2D eigenvalue weighted by molar-refractivity contribution is 0.537. The summed E-state index contributed by atoms with van der Waals surface area (Å²) in [7, 11) is -3.48. The van der Waals surface area contributed by atoms with Crippen LogP contribution in [0, 0.1) is 11.3 Å². The zero-order chi connectivity index (χ0) is 15.3. The Hall–Kier alpha value is -1.17. The lowest BCUT2D eigenvalue weighted by atomic mass is 10.1. The monoisotopic (exact) mass is 324 g/mol. The van der Waals surface area contributed by atoms with Crippen LogP contribution in [-0.4, -0.2) is 19.9 Å². The maximum Gasteiger partial charge on any atom is 0.240 e. The van der Waals surface area contributed by atoms with Crippen molar-refractivity contribution in [3.63, 3.8) is 0 Å². The summed E-state index contributed by atoms with van der Waals surface area (Å²) >= 11 is 5.82. The topological polar surface area (TPSA) is 59.1 Å². The van der Waals surface area contributed by atoms with Gasteiger partial charge in [-0.15, -0.1) is 0 Å². The van der Waals surface area contributed by atoms with Crippen molar-refractivity contribution in [3.05, 3.63) is 35.5 Å². The predicted molar refractivity (Wildman–Crippen MR) is 83.8 cm³/mol. The summed E-state index contributed by atoms with van der Waals surface area (Å²) in [6.45, 7) is 4.79. The van der Waals surface area contributed by atoms with Gasteiger partial charge in [0.15, 0.2) is 0 Å². The van der Waals surface area contributed by atoms with E-state index >= 15 is 0 Å². The van der Waals surface area contributed by atoms with E-state index in [1.165, 1.54) is 0 Å². The van der Waals surface area contributed by atoms with Crippen LogP contribution in [0.4, 0.5) is 0 Å². The molecule has 0 spiro atoms. The molecule has 0 bridgehead atoms. The predicted octanol–water partition coefficient (Wildman–Crippen LogP) is 3.21. The van der Waals surface area contributed by atoms with Gasteiger partial charge in [-0.05, 0) is 48.1 Å². The van der Waals surface area contributed by atoms with Crippen molar-refractivity contribution in [2.45, 2.75) is 25.2 Å². The summed E-state index contributed by atoms with van der Waals surface area (Å²) in [5, 5.41) is 1.15. The minimum Gasteiger partial charge on any atom is -0.236 e. The first kappa shape index (κ1) is 14.8. The SMILES string of the molecule is CC1(C)CC1CNS(=O)(=O)c1ccc2nc(Cl)ccc2c1. The summed E-state index contributed by atoms with van der Waals surface area (Å²) in [6.07, 6.45) is 1.07. The molecule has 3 rings (SSSR count). The van der Waals surface area contributed by atoms with Gasteiger partial charge in [0.05, 0.1) is 10.4 Å². The Labute approximate surface area is 129 Å². The van der Waals surface area contributed by atoms with Crippen LogP contribution in [0.3, 0.4) is 0 Å². The van der Waals surface area contributed by atoms with Gasteiger partial charge in [0.2, 0.25) is 10.0 Å². The number of sulfonamides is 1. The average Bonchev–Trinajstić information content (AvgIpc) is 3.03. The molecule has 1 fully saturated rings. The third kappa shape index (κ3) is 3.05. The first-order valence-corrected chi connectivity index (χ1v) is 8.70. The van der Waals surface area contributed by atoms with Crippen LogP contribution in [0.5, 0.6) is 0 Å². The van der Waals surface area contributed by atoms with Crippen LogP contribution in [0.2, 0.25) is 5.15 Å². The average molecular weight is 325 g/mol. The zero-order valence-electron chi connectivity index (χ0n) is 11.9. The summed E-state index contributed by atoms with van der Waals surface area (Å²) in [4.78, 5) is 4.41. The smallest absolute Gasteiger partial charge is 0.236 e. The molecule has 1 aliphatic carbocycles. The van der Waals surface area contributed by atoms with Crippen molar-refractivity contribution in [1.29, 1.82) is 0 Å². The minimum atomic E-state index is -3.48. The third-order valence-corrected chi connectivity index (χ3v) is 5.81. The maximum atomic E-state index is 12.3. The van der Waals surface area contributed by atoms with Crippen LogP contribution >= 0.6 is 11.6 Å². The number of rotatable bonds is 4. The van der Waals surface area contributed by atoms with E-state index in [4.69, 9.17) is 11.6 Å². The Bertz CT molecular complexity index is 802. The van der Waals surface area contributed by atoms with Gasteiger partial charge in [0, 0.05) is 11.9 Å². The molecule has 6 heteroatoms. The van der Waals surface area contributed by atoms with Crippen molar-refractivity contribution in [1.82, 2.24) is 9.71 Å². The number of nitrogens with zero attached hydrogens (tertiary/aromatic N) is 1. The van der Waals surface area contributed by atoms with Gasteiger partial charge in [0.1, 0.15) is 5.15 Å². The van der Waals surface area contributed by atoms with Crippen molar-refractivity contribution in [2.24, 2.45) is 11.3 Å². The highest BCUT2D eigenvalue weighted by atomic mass is 35.5. The van der Waals surface area contributed by atoms with Crippen molar-refractivity contribution < 1.29 is 8.42 Å². The molecule has 1 saturated carbocycles. The quantitative estimate of drug-likeness (QED) is 0.878. The van der Waals surface area contributed by atoms with E-state index in [1.807, 2.05) is 0 Å². The van der Waals surface area contributed by atoms with Crippen molar-refractivity contribution in [3.8, 4) is 0 Å². The van der Waals surface area contributed by atoms with Gasteiger partial charge < -0.3 is 0 Å². The van der Waals surface area contributed by atoms with E-state index < -0.39 is 10.0 Å². The fraction of sp³-hybridized carbons (Fsp3) is 0.400. The Balaban J connectivity index is 1.83. The van der Waals surface area contributed by atoms with Crippen molar-refractivity contribution in [2.75, 3.05) is 6.54 Å². The summed E-state index contributed by atoms with van der Waals surface area (Å²) in [6, 6.07) is 8.29. The number of hydrogen-bond acceptors (Lipinski definition) is 3. The van der Waals surface area contributed by atoms with Gasteiger partial charge in [-0.25, -0.2) is 18.1 Å². The largest absolute Gasteiger partial charge is 0.240 e. The summed E-state index contributed by atoms with van der Waals surface area (Å²) in [5.74, 6) is 0.424. The number of halogens is 1. The first-order valence-electron chi connectivity index (χ1n) is 6.84. The van der Waals surface area contributed by atoms with E-state index in [-0.39, 0.29) is 10.3 Å². The Morgan fingerprint density at radius 3 is 2.71 bits per heavy atom. The molecule has 1 heterocycles. The molecule has 21 heavy (non-hydrogen) atoms. The number of benzene rings is 1. The highest BCUT2D eigenvalue weighted by molar-refractivity contribution is 7.89. The molecule has 4 nitrogen and oxygen atoms in total. The standard InChI is InChI=1S/C15H17ClN2O2S/c1-15(2)8-11(15)9-17-21(19,20)12-4-5-13-10(7-12)3-6-14(16)18-13/h3-7,11,17H,8-9H2,1-2H3. The van der Waals surface area contributed by atoms with Crippen LogP contribution in [0.25, 0.3) is 10.9 Å². The van der Waals surface area contributed by atoms with E-state index in [2.05, 4.69) is 23.6 Å². The highest BCUT2D eigenvalue weighted by Crippen LogP contribution is 2.51. The summed E-state index contributed by atoms with van der Waals surface area (Å²) < 4.78 is 27.4. The van der Waals surface area contributed by atoms with Crippen LogP contribution < -0.4 is 4.72 Å². The number of fused-ring (bicyclic) bond motifs is 1. The minimum absolute atomic E-state index is 0.257. The molecule has 1 unspecified atom stereocenters. The molecular formula is C15H17ClN2O2S. The fourth-order valence-corrected chi connectivity index (χ4v) is 3.73. The van der Waals surface area contributed by atoms with Gasteiger partial charge in [0.25, 0.3) is 0 Å². The molecule has 1 N–H and O–H groups in total. The van der Waals surface area contributed by atoms with Crippen LogP contribution in [0.15, 0.2) is 35.2 Å². The number of hydrogen-bond donors (Lipinski definition) is 1. The molecule has 112 valence electrons. The van der Waals surface area contributed by atoms with Crippen LogP contribution in [-0.2, 0) is 10.0 Å². The van der Waals surface area contributed by atoms with Gasteiger partial charge in [-0.3, -0.25) is 0 Å². The van der Waals surface area contributed by atoms with E-state index in [9.17, 15) is 8.42 Å². The van der Waals surface area contributed by atoms with E-state index in [0.29, 0.717) is 23.1 Å². The molecule has 0 aliphatic heterocycles. The molecule has 0 saturated heterocycles. The highest BCUT2D eigenvalue weighted by Gasteiger charge is 2.45. The Morgan fingerprint density at radius 1 is 1.33 bits per heavy atom. The second-order valence-corrected chi connectivity index (χ2v) is 8.38. The molecular weight excluding hydrogens is 308 g/mol. The maximum absolute atomic E-state index is 12.3. The molecule has 2 aromatic rings. The van der Waals surface area contributed by atoms with Crippen LogP contribution in [0.1, 0.15) is 20.3 Å². The molecule has 1 aromatic carbocycles. The fourth-order valence-electron chi connectivity index (χ4n) is 2.46. The lowest BCUT2D eigenvalue weighted by Gasteiger charge is -2.08. The Kier molecular flexibility index (Phi) is 3.47. The normalized spacial score (nSPS) is 20.6. The molecule has 1 aliphatic rings. The molecule has 0 amide bonds. The van der Waals surface area contributed by atoms with Gasteiger partial charge in [-0.1, -0.05) is 25.4 Å². The lowest BCUT2D eigenvalue weighted by Crippen LogP contribution is -2.26. The zero-order valence-corrected chi connectivity index (χ0v) is 13.5.